The van der Waals surface area contributed by atoms with Gasteiger partial charge in [-0.05, 0) is 42.0 Å². The zero-order valence-corrected chi connectivity index (χ0v) is 16.5. The molecule has 8 nitrogen and oxygen atoms in total. The molecule has 0 bridgehead atoms. The van der Waals surface area contributed by atoms with E-state index >= 15 is 0 Å². The Hall–Kier alpha value is -3.20. The number of amidine groups is 1. The van der Waals surface area contributed by atoms with Crippen molar-refractivity contribution in [3.63, 3.8) is 0 Å². The van der Waals surface area contributed by atoms with Gasteiger partial charge in [-0.25, -0.2) is 4.99 Å². The summed E-state index contributed by atoms with van der Waals surface area (Å²) in [7, 11) is 1.59. The minimum Gasteiger partial charge on any atom is -0.497 e. The molecule has 0 unspecified atom stereocenters. The van der Waals surface area contributed by atoms with E-state index in [2.05, 4.69) is 4.99 Å². The highest BCUT2D eigenvalue weighted by Crippen LogP contribution is 2.36. The maximum absolute atomic E-state index is 12.9. The van der Waals surface area contributed by atoms with Gasteiger partial charge < -0.3 is 19.9 Å². The lowest BCUT2D eigenvalue weighted by molar-refractivity contribution is -0.128. The topological polar surface area (TPSA) is 103 Å². The van der Waals surface area contributed by atoms with Crippen LogP contribution in [0.5, 0.6) is 17.2 Å². The van der Waals surface area contributed by atoms with Crippen molar-refractivity contribution in [2.45, 2.75) is 18.2 Å². The van der Waals surface area contributed by atoms with Crippen LogP contribution >= 0.6 is 11.8 Å². The van der Waals surface area contributed by atoms with Crippen LogP contribution in [0.3, 0.4) is 0 Å². The van der Waals surface area contributed by atoms with Crippen molar-refractivity contribution in [2.75, 3.05) is 13.9 Å². The minimum absolute atomic E-state index is 0.0389. The molecule has 4 rings (SSSR count). The fourth-order valence-electron chi connectivity index (χ4n) is 3.04. The normalized spacial score (nSPS) is 19.1. The molecule has 1 saturated heterocycles. The smallest absolute Gasteiger partial charge is 0.242 e. The predicted molar refractivity (Wildman–Crippen MR) is 108 cm³/mol. The van der Waals surface area contributed by atoms with Crippen molar-refractivity contribution in [1.29, 1.82) is 0 Å². The summed E-state index contributed by atoms with van der Waals surface area (Å²) in [6.45, 7) is 0.481. The van der Waals surface area contributed by atoms with Crippen LogP contribution in [0, 0.1) is 0 Å². The molecule has 0 spiro atoms. The molecule has 2 N–H and O–H groups in total. The molecule has 2 heterocycles. The van der Waals surface area contributed by atoms with Gasteiger partial charge in [-0.2, -0.15) is 0 Å². The maximum atomic E-state index is 12.9. The van der Waals surface area contributed by atoms with Crippen LogP contribution < -0.4 is 19.9 Å². The molecule has 2 aromatic carbocycles. The molecular weight excluding hydrogens is 394 g/mol. The number of carbonyl (C=O) groups excluding carboxylic acids is 2. The quantitative estimate of drug-likeness (QED) is 0.780. The number of amides is 2. The molecule has 150 valence electrons. The van der Waals surface area contributed by atoms with Crippen molar-refractivity contribution in [3.05, 3.63) is 48.0 Å². The molecule has 2 amide bonds. The SMILES string of the molecule is COc1ccc(N=C2S[C@H](CC(N)=O)C(=O)N2Cc2ccc3c(c2)OCO3)cc1. The Kier molecular flexibility index (Phi) is 5.30. The second-order valence-electron chi connectivity index (χ2n) is 6.48. The monoisotopic (exact) mass is 413 g/mol. The Morgan fingerprint density at radius 1 is 1.24 bits per heavy atom. The van der Waals surface area contributed by atoms with Crippen LogP contribution in [0.1, 0.15) is 12.0 Å². The van der Waals surface area contributed by atoms with Crippen LogP contribution in [-0.2, 0) is 16.1 Å². The summed E-state index contributed by atoms with van der Waals surface area (Å²) in [5, 5.41) is -0.0670. The largest absolute Gasteiger partial charge is 0.497 e. The first-order chi connectivity index (χ1) is 14.0. The Morgan fingerprint density at radius 2 is 2.00 bits per heavy atom. The van der Waals surface area contributed by atoms with Gasteiger partial charge >= 0.3 is 0 Å². The molecule has 2 aromatic rings. The summed E-state index contributed by atoms with van der Waals surface area (Å²) in [5.74, 6) is 1.31. The van der Waals surface area contributed by atoms with E-state index in [1.54, 1.807) is 36.3 Å². The molecule has 0 aliphatic carbocycles. The molecule has 1 atom stereocenters. The molecule has 2 aliphatic heterocycles. The minimum atomic E-state index is -0.585. The van der Waals surface area contributed by atoms with Gasteiger partial charge in [0.15, 0.2) is 16.7 Å². The number of thioether (sulfide) groups is 1. The lowest BCUT2D eigenvalue weighted by Gasteiger charge is -2.17. The molecule has 9 heteroatoms. The second kappa shape index (κ2) is 8.04. The van der Waals surface area contributed by atoms with Gasteiger partial charge in [0.05, 0.1) is 19.3 Å². The first-order valence-corrected chi connectivity index (χ1v) is 9.79. The van der Waals surface area contributed by atoms with Crippen molar-refractivity contribution >= 4 is 34.4 Å². The van der Waals surface area contributed by atoms with Gasteiger partial charge in [-0.3, -0.25) is 14.5 Å². The number of hydrogen-bond acceptors (Lipinski definition) is 7. The third kappa shape index (κ3) is 4.14. The number of carbonyl (C=O) groups is 2. The lowest BCUT2D eigenvalue weighted by atomic mass is 10.2. The maximum Gasteiger partial charge on any atom is 0.242 e. The number of hydrogen-bond donors (Lipinski definition) is 1. The number of rotatable bonds is 6. The Balaban J connectivity index is 1.62. The molecule has 0 aromatic heterocycles. The first-order valence-electron chi connectivity index (χ1n) is 8.91. The standard InChI is InChI=1S/C20H19N3O5S/c1-26-14-5-3-13(4-6-14)22-20-23(19(25)17(29-20)9-18(21)24)10-12-2-7-15-16(8-12)28-11-27-15/h2-8,17H,9-11H2,1H3,(H2,21,24)/t17-/m1/s1. The number of aliphatic imine (C=N–C) groups is 1. The number of methoxy groups -OCH3 is 1. The second-order valence-corrected chi connectivity index (χ2v) is 7.65. The average Bonchev–Trinajstić information content (AvgIpc) is 3.28. The molecule has 29 heavy (non-hydrogen) atoms. The predicted octanol–water partition coefficient (Wildman–Crippen LogP) is 2.43. The highest BCUT2D eigenvalue weighted by atomic mass is 32.2. The molecule has 1 fully saturated rings. The van der Waals surface area contributed by atoms with E-state index < -0.39 is 11.2 Å². The van der Waals surface area contributed by atoms with Crippen LogP contribution in [0.2, 0.25) is 0 Å². The van der Waals surface area contributed by atoms with E-state index in [9.17, 15) is 9.59 Å². The van der Waals surface area contributed by atoms with Crippen molar-refractivity contribution in [2.24, 2.45) is 10.7 Å². The molecule has 0 saturated carbocycles. The van der Waals surface area contributed by atoms with E-state index in [-0.39, 0.29) is 19.1 Å². The van der Waals surface area contributed by atoms with E-state index in [0.29, 0.717) is 34.6 Å². The van der Waals surface area contributed by atoms with Gasteiger partial charge in [0.25, 0.3) is 0 Å². The fraction of sp³-hybridized carbons (Fsp3) is 0.250. The molecule has 0 radical (unpaired) electrons. The van der Waals surface area contributed by atoms with Crippen molar-refractivity contribution < 1.29 is 23.8 Å². The van der Waals surface area contributed by atoms with Crippen LogP contribution in [0.4, 0.5) is 5.69 Å². The fourth-order valence-corrected chi connectivity index (χ4v) is 4.21. The first kappa shape index (κ1) is 19.1. The van der Waals surface area contributed by atoms with Crippen LogP contribution in [-0.4, -0.2) is 41.0 Å². The van der Waals surface area contributed by atoms with E-state index in [0.717, 1.165) is 5.56 Å². The van der Waals surface area contributed by atoms with Gasteiger partial charge in [0, 0.05) is 6.42 Å². The molecule has 2 aliphatic rings. The zero-order valence-electron chi connectivity index (χ0n) is 15.7. The third-order valence-corrected chi connectivity index (χ3v) is 5.66. The van der Waals surface area contributed by atoms with Crippen LogP contribution in [0.25, 0.3) is 0 Å². The summed E-state index contributed by atoms with van der Waals surface area (Å²) >= 11 is 1.24. The third-order valence-electron chi connectivity index (χ3n) is 4.48. The van der Waals surface area contributed by atoms with Crippen molar-refractivity contribution in [1.82, 2.24) is 4.90 Å². The van der Waals surface area contributed by atoms with Crippen LogP contribution in [0.15, 0.2) is 47.5 Å². The number of nitrogens with two attached hydrogens (primary N) is 1. The summed E-state index contributed by atoms with van der Waals surface area (Å²) in [4.78, 5) is 30.5. The average molecular weight is 413 g/mol. The van der Waals surface area contributed by atoms with Gasteiger partial charge in [0.2, 0.25) is 18.6 Å². The lowest BCUT2D eigenvalue weighted by Crippen LogP contribution is -2.33. The summed E-state index contributed by atoms with van der Waals surface area (Å²) < 4.78 is 15.9. The summed E-state index contributed by atoms with van der Waals surface area (Å²) in [6, 6.07) is 12.7. The van der Waals surface area contributed by atoms with Gasteiger partial charge in [-0.15, -0.1) is 0 Å². The number of benzene rings is 2. The van der Waals surface area contributed by atoms with Gasteiger partial charge in [-0.1, -0.05) is 17.8 Å². The van der Waals surface area contributed by atoms with E-state index in [4.69, 9.17) is 19.9 Å². The van der Waals surface area contributed by atoms with E-state index in [1.807, 2.05) is 18.2 Å². The number of ether oxygens (including phenoxy) is 3. The Labute approximate surface area is 171 Å². The zero-order chi connectivity index (χ0) is 20.4. The Morgan fingerprint density at radius 3 is 2.72 bits per heavy atom. The van der Waals surface area contributed by atoms with Crippen molar-refractivity contribution in [3.8, 4) is 17.2 Å². The highest BCUT2D eigenvalue weighted by molar-refractivity contribution is 8.15. The number of nitrogens with zero attached hydrogens (tertiary/aromatic N) is 2. The summed E-state index contributed by atoms with van der Waals surface area (Å²) in [6.07, 6.45) is -0.0389. The van der Waals surface area contributed by atoms with Gasteiger partial charge in [0.1, 0.15) is 11.0 Å². The van der Waals surface area contributed by atoms with E-state index in [1.165, 1.54) is 11.8 Å². The number of primary amides is 1. The summed E-state index contributed by atoms with van der Waals surface area (Å²) in [5.41, 5.74) is 6.86. The highest BCUT2D eigenvalue weighted by Gasteiger charge is 2.39. The number of fused-ring (bicyclic) bond motifs is 1. The Bertz CT molecular complexity index is 977. The molecular formula is C20H19N3O5S.